The van der Waals surface area contributed by atoms with Crippen LogP contribution >= 0.6 is 15.9 Å². The summed E-state index contributed by atoms with van der Waals surface area (Å²) in [6, 6.07) is 7.25. The molecule has 1 aliphatic heterocycles. The van der Waals surface area contributed by atoms with Gasteiger partial charge in [0.15, 0.2) is 0 Å². The average molecular weight is 296 g/mol. The fraction of sp³-hybridized carbons (Fsp3) is 0.385. The molecule has 2 rings (SSSR count). The summed E-state index contributed by atoms with van der Waals surface area (Å²) in [7, 11) is 0. The SMILES string of the molecule is CC1(C)CC(=O)N(c2cccc(Br)c2)C(=O)C1. The van der Waals surface area contributed by atoms with Crippen LogP contribution in [-0.4, -0.2) is 11.8 Å². The second-order valence-corrected chi connectivity index (χ2v) is 6.04. The Morgan fingerprint density at radius 1 is 1.18 bits per heavy atom. The molecule has 3 nitrogen and oxygen atoms in total. The second-order valence-electron chi connectivity index (χ2n) is 5.12. The van der Waals surface area contributed by atoms with E-state index in [9.17, 15) is 9.59 Å². The number of benzene rings is 1. The van der Waals surface area contributed by atoms with Crippen LogP contribution in [0.25, 0.3) is 0 Å². The minimum Gasteiger partial charge on any atom is -0.274 e. The van der Waals surface area contributed by atoms with Gasteiger partial charge in [-0.25, -0.2) is 0 Å². The average Bonchev–Trinajstić information content (AvgIpc) is 2.13. The number of hydrogen-bond donors (Lipinski definition) is 0. The minimum absolute atomic E-state index is 0.121. The number of piperidine rings is 1. The molecule has 17 heavy (non-hydrogen) atoms. The van der Waals surface area contributed by atoms with Crippen LogP contribution in [-0.2, 0) is 9.59 Å². The van der Waals surface area contributed by atoms with E-state index in [0.29, 0.717) is 18.5 Å². The van der Waals surface area contributed by atoms with Gasteiger partial charge in [0.2, 0.25) is 11.8 Å². The molecule has 0 saturated carbocycles. The van der Waals surface area contributed by atoms with Crippen molar-refractivity contribution in [1.29, 1.82) is 0 Å². The highest BCUT2D eigenvalue weighted by Gasteiger charge is 2.38. The predicted octanol–water partition coefficient (Wildman–Crippen LogP) is 3.13. The maximum Gasteiger partial charge on any atom is 0.234 e. The number of carbonyl (C=O) groups is 2. The molecule has 1 fully saturated rings. The molecule has 1 aliphatic rings. The number of imide groups is 1. The lowest BCUT2D eigenvalue weighted by Gasteiger charge is -2.34. The highest BCUT2D eigenvalue weighted by molar-refractivity contribution is 9.10. The van der Waals surface area contributed by atoms with Gasteiger partial charge in [0, 0.05) is 17.3 Å². The molecule has 0 atom stereocenters. The van der Waals surface area contributed by atoms with Crippen molar-refractivity contribution in [3.8, 4) is 0 Å². The number of hydrogen-bond acceptors (Lipinski definition) is 2. The van der Waals surface area contributed by atoms with Gasteiger partial charge in [-0.1, -0.05) is 35.8 Å². The number of amides is 2. The summed E-state index contributed by atoms with van der Waals surface area (Å²) in [5.41, 5.74) is 0.418. The summed E-state index contributed by atoms with van der Waals surface area (Å²) in [5.74, 6) is -0.242. The van der Waals surface area contributed by atoms with E-state index in [2.05, 4.69) is 15.9 Å². The van der Waals surface area contributed by atoms with Crippen molar-refractivity contribution in [3.63, 3.8) is 0 Å². The molecular weight excluding hydrogens is 282 g/mol. The molecule has 1 aromatic rings. The quantitative estimate of drug-likeness (QED) is 0.747. The lowest BCUT2D eigenvalue weighted by molar-refractivity contribution is -0.132. The zero-order valence-electron chi connectivity index (χ0n) is 9.87. The van der Waals surface area contributed by atoms with Gasteiger partial charge in [-0.2, -0.15) is 0 Å². The number of nitrogens with zero attached hydrogens (tertiary/aromatic N) is 1. The Bertz CT molecular complexity index is 462. The first kappa shape index (κ1) is 12.3. The Kier molecular flexibility index (Phi) is 3.08. The van der Waals surface area contributed by atoms with E-state index >= 15 is 0 Å². The van der Waals surface area contributed by atoms with Crippen LogP contribution in [0.4, 0.5) is 5.69 Å². The Morgan fingerprint density at radius 3 is 2.29 bits per heavy atom. The molecule has 0 spiro atoms. The molecule has 0 aliphatic carbocycles. The van der Waals surface area contributed by atoms with Crippen LogP contribution in [0.15, 0.2) is 28.7 Å². The third-order valence-corrected chi connectivity index (χ3v) is 3.32. The van der Waals surface area contributed by atoms with Crippen molar-refractivity contribution in [2.24, 2.45) is 5.41 Å². The highest BCUT2D eigenvalue weighted by atomic mass is 79.9. The van der Waals surface area contributed by atoms with E-state index in [4.69, 9.17) is 0 Å². The van der Waals surface area contributed by atoms with Crippen LogP contribution in [0.2, 0.25) is 0 Å². The molecule has 0 radical (unpaired) electrons. The molecule has 0 aromatic heterocycles. The molecule has 0 N–H and O–H groups in total. The summed E-state index contributed by atoms with van der Waals surface area (Å²) in [5, 5.41) is 0. The predicted molar refractivity (Wildman–Crippen MR) is 69.7 cm³/mol. The highest BCUT2D eigenvalue weighted by Crippen LogP contribution is 2.34. The Hall–Kier alpha value is -1.16. The summed E-state index contributed by atoms with van der Waals surface area (Å²) in [6.45, 7) is 3.89. The molecule has 1 saturated heterocycles. The molecule has 0 unspecified atom stereocenters. The Balaban J connectivity index is 2.34. The van der Waals surface area contributed by atoms with E-state index in [0.717, 1.165) is 4.47 Å². The zero-order chi connectivity index (χ0) is 12.6. The molecule has 90 valence electrons. The van der Waals surface area contributed by atoms with Gasteiger partial charge < -0.3 is 0 Å². The second kappa shape index (κ2) is 4.26. The van der Waals surface area contributed by atoms with Gasteiger partial charge >= 0.3 is 0 Å². The van der Waals surface area contributed by atoms with Crippen molar-refractivity contribution in [3.05, 3.63) is 28.7 Å². The lowest BCUT2D eigenvalue weighted by atomic mass is 9.81. The first-order valence-corrected chi connectivity index (χ1v) is 6.30. The first-order valence-electron chi connectivity index (χ1n) is 5.50. The van der Waals surface area contributed by atoms with Gasteiger partial charge in [0.25, 0.3) is 0 Å². The number of halogens is 1. The summed E-state index contributed by atoms with van der Waals surface area (Å²) in [6.07, 6.45) is 0.816. The fourth-order valence-electron chi connectivity index (χ4n) is 2.08. The molecule has 2 amide bonds. The fourth-order valence-corrected chi connectivity index (χ4v) is 2.47. The monoisotopic (exact) mass is 295 g/mol. The Labute approximate surface area is 109 Å². The van der Waals surface area contributed by atoms with Gasteiger partial charge in [-0.05, 0) is 23.6 Å². The zero-order valence-corrected chi connectivity index (χ0v) is 11.5. The topological polar surface area (TPSA) is 37.4 Å². The summed E-state index contributed by atoms with van der Waals surface area (Å²) < 4.78 is 0.862. The third-order valence-electron chi connectivity index (χ3n) is 2.82. The van der Waals surface area contributed by atoms with E-state index in [1.807, 2.05) is 26.0 Å². The Morgan fingerprint density at radius 2 is 1.76 bits per heavy atom. The van der Waals surface area contributed by atoms with Crippen LogP contribution in [0.1, 0.15) is 26.7 Å². The molecule has 0 bridgehead atoms. The van der Waals surface area contributed by atoms with Crippen LogP contribution in [0.3, 0.4) is 0 Å². The number of rotatable bonds is 1. The van der Waals surface area contributed by atoms with Crippen LogP contribution in [0.5, 0.6) is 0 Å². The normalized spacial score (nSPS) is 19.6. The van der Waals surface area contributed by atoms with E-state index in [1.165, 1.54) is 4.90 Å². The van der Waals surface area contributed by atoms with E-state index in [-0.39, 0.29) is 17.2 Å². The van der Waals surface area contributed by atoms with Gasteiger partial charge in [0.1, 0.15) is 0 Å². The summed E-state index contributed by atoms with van der Waals surface area (Å²) >= 11 is 3.34. The van der Waals surface area contributed by atoms with Crippen molar-refractivity contribution >= 4 is 33.4 Å². The van der Waals surface area contributed by atoms with E-state index in [1.54, 1.807) is 12.1 Å². The molecular formula is C13H14BrNO2. The maximum atomic E-state index is 12.0. The molecule has 4 heteroatoms. The van der Waals surface area contributed by atoms with Crippen molar-refractivity contribution in [2.75, 3.05) is 4.90 Å². The van der Waals surface area contributed by atoms with Gasteiger partial charge in [-0.3, -0.25) is 14.5 Å². The lowest BCUT2D eigenvalue weighted by Crippen LogP contribution is -2.46. The number of anilines is 1. The first-order chi connectivity index (χ1) is 7.89. The molecule has 1 aromatic carbocycles. The van der Waals surface area contributed by atoms with Gasteiger partial charge in [0.05, 0.1) is 5.69 Å². The minimum atomic E-state index is -0.226. The van der Waals surface area contributed by atoms with Crippen molar-refractivity contribution in [1.82, 2.24) is 0 Å². The van der Waals surface area contributed by atoms with E-state index < -0.39 is 0 Å². The molecule has 1 heterocycles. The van der Waals surface area contributed by atoms with Crippen LogP contribution in [0, 0.1) is 5.41 Å². The summed E-state index contributed by atoms with van der Waals surface area (Å²) in [4.78, 5) is 25.3. The standard InChI is InChI=1S/C13H14BrNO2/c1-13(2)7-11(16)15(12(17)8-13)10-5-3-4-9(14)6-10/h3-6H,7-8H2,1-2H3. The number of carbonyl (C=O) groups excluding carboxylic acids is 2. The smallest absolute Gasteiger partial charge is 0.234 e. The van der Waals surface area contributed by atoms with Crippen molar-refractivity contribution in [2.45, 2.75) is 26.7 Å². The van der Waals surface area contributed by atoms with Gasteiger partial charge in [-0.15, -0.1) is 0 Å². The maximum absolute atomic E-state index is 12.0. The largest absolute Gasteiger partial charge is 0.274 e. The van der Waals surface area contributed by atoms with Crippen LogP contribution < -0.4 is 4.90 Å². The third kappa shape index (κ3) is 2.57. The van der Waals surface area contributed by atoms with Crippen molar-refractivity contribution < 1.29 is 9.59 Å².